The Kier molecular flexibility index (Phi) is 5.64. The van der Waals surface area contributed by atoms with Gasteiger partial charge in [-0.05, 0) is 50.3 Å². The van der Waals surface area contributed by atoms with E-state index in [4.69, 9.17) is 5.73 Å². The lowest BCUT2D eigenvalue weighted by Crippen LogP contribution is -2.44. The van der Waals surface area contributed by atoms with E-state index >= 15 is 0 Å². The van der Waals surface area contributed by atoms with Gasteiger partial charge in [-0.2, -0.15) is 0 Å². The van der Waals surface area contributed by atoms with Gasteiger partial charge in [0.15, 0.2) is 0 Å². The monoisotopic (exact) mass is 393 g/mol. The first-order valence-electron chi connectivity index (χ1n) is 9.34. The van der Waals surface area contributed by atoms with Gasteiger partial charge in [-0.1, -0.05) is 0 Å². The Bertz CT molecular complexity index is 898. The van der Waals surface area contributed by atoms with Crippen molar-refractivity contribution in [2.75, 3.05) is 5.32 Å². The second kappa shape index (κ2) is 7.83. The van der Waals surface area contributed by atoms with Gasteiger partial charge < -0.3 is 16.0 Å². The number of pyridine rings is 1. The van der Waals surface area contributed by atoms with Crippen molar-refractivity contribution in [1.29, 1.82) is 0 Å². The van der Waals surface area contributed by atoms with Crippen LogP contribution < -0.4 is 16.7 Å². The summed E-state index contributed by atoms with van der Waals surface area (Å²) in [6.45, 7) is 3.66. The average molecular weight is 393 g/mol. The Hall–Kier alpha value is -2.55. The minimum absolute atomic E-state index is 0.219. The number of nitrogens with zero attached hydrogens (tertiary/aromatic N) is 2. The van der Waals surface area contributed by atoms with Crippen molar-refractivity contribution in [3.05, 3.63) is 46.3 Å². The predicted octanol–water partition coefficient (Wildman–Crippen LogP) is 2.58. The zero-order valence-electron chi connectivity index (χ0n) is 15.9. The molecule has 1 fully saturated rings. The Morgan fingerprint density at radius 1 is 1.43 bits per heavy atom. The number of carbonyl (C=O) groups excluding carboxylic acids is 1. The molecule has 0 spiro atoms. The topological polar surface area (TPSA) is 106 Å². The quantitative estimate of drug-likeness (QED) is 0.726. The zero-order chi connectivity index (χ0) is 20.5. The summed E-state index contributed by atoms with van der Waals surface area (Å²) in [6.07, 6.45) is 3.23. The van der Waals surface area contributed by atoms with Gasteiger partial charge in [-0.25, -0.2) is 18.6 Å². The molecular weight excluding hydrogens is 368 g/mol. The van der Waals surface area contributed by atoms with Crippen LogP contribution >= 0.6 is 0 Å². The Morgan fingerprint density at radius 3 is 2.71 bits per heavy atom. The molecule has 152 valence electrons. The Labute approximate surface area is 161 Å². The molecule has 2 aromatic heterocycles. The van der Waals surface area contributed by atoms with Crippen molar-refractivity contribution >= 4 is 11.7 Å². The number of amides is 1. The second-order valence-electron chi connectivity index (χ2n) is 7.51. The van der Waals surface area contributed by atoms with E-state index in [2.05, 4.69) is 15.3 Å². The molecule has 2 atom stereocenters. The van der Waals surface area contributed by atoms with Crippen LogP contribution in [0, 0.1) is 12.8 Å². The number of alkyl halides is 2. The van der Waals surface area contributed by atoms with Gasteiger partial charge >= 0.3 is 5.69 Å². The maximum absolute atomic E-state index is 13.3. The number of nitrogens with two attached hydrogens (primary N) is 1. The molecule has 2 aromatic rings. The minimum atomic E-state index is -2.66. The summed E-state index contributed by atoms with van der Waals surface area (Å²) in [5.74, 6) is -3.07. The number of aromatic amines is 1. The Morgan fingerprint density at radius 2 is 2.11 bits per heavy atom. The van der Waals surface area contributed by atoms with Gasteiger partial charge in [0, 0.05) is 30.9 Å². The van der Waals surface area contributed by atoms with Crippen LogP contribution in [0.15, 0.2) is 29.3 Å². The molecule has 1 aliphatic rings. The molecule has 0 radical (unpaired) electrons. The smallest absolute Gasteiger partial charge is 0.320 e. The largest absolute Gasteiger partial charge is 0.326 e. The second-order valence-corrected chi connectivity index (χ2v) is 7.51. The van der Waals surface area contributed by atoms with Gasteiger partial charge in [0.1, 0.15) is 5.82 Å². The lowest BCUT2D eigenvalue weighted by molar-refractivity contribution is -0.120. The van der Waals surface area contributed by atoms with Crippen molar-refractivity contribution in [1.82, 2.24) is 14.5 Å². The third-order valence-corrected chi connectivity index (χ3v) is 5.38. The van der Waals surface area contributed by atoms with Crippen molar-refractivity contribution < 1.29 is 13.6 Å². The lowest BCUT2D eigenvalue weighted by atomic mass is 9.82. The SMILES string of the molecule is Cc1cn([C@H](C)c2ccnc(NC(=O)[C@@H](N)C3CCC(F)(F)CC3)c2)c(=O)[nH]1. The molecule has 3 rings (SSSR count). The molecule has 1 aliphatic carbocycles. The van der Waals surface area contributed by atoms with Gasteiger partial charge in [0.2, 0.25) is 11.8 Å². The molecule has 28 heavy (non-hydrogen) atoms. The number of H-pyrrole nitrogens is 1. The van der Waals surface area contributed by atoms with E-state index in [1.165, 1.54) is 0 Å². The number of aryl methyl sites for hydroxylation is 1. The third-order valence-electron chi connectivity index (χ3n) is 5.38. The van der Waals surface area contributed by atoms with E-state index in [9.17, 15) is 18.4 Å². The highest BCUT2D eigenvalue weighted by molar-refractivity contribution is 5.94. The maximum atomic E-state index is 13.3. The fourth-order valence-corrected chi connectivity index (χ4v) is 3.60. The van der Waals surface area contributed by atoms with Crippen molar-refractivity contribution in [2.24, 2.45) is 11.7 Å². The van der Waals surface area contributed by atoms with E-state index in [1.807, 2.05) is 6.92 Å². The molecule has 1 saturated carbocycles. The van der Waals surface area contributed by atoms with E-state index in [0.29, 0.717) is 5.82 Å². The van der Waals surface area contributed by atoms with Gasteiger partial charge in [0.25, 0.3) is 0 Å². The molecule has 0 aromatic carbocycles. The van der Waals surface area contributed by atoms with Crippen LogP contribution in [0.1, 0.15) is 49.9 Å². The number of aromatic nitrogens is 3. The van der Waals surface area contributed by atoms with Crippen molar-refractivity contribution in [2.45, 2.75) is 57.5 Å². The summed E-state index contributed by atoms with van der Waals surface area (Å²) in [5.41, 5.74) is 7.33. The molecule has 0 saturated heterocycles. The van der Waals surface area contributed by atoms with Crippen LogP contribution in [-0.2, 0) is 4.79 Å². The molecular formula is C19H25F2N5O2. The number of anilines is 1. The summed E-state index contributed by atoms with van der Waals surface area (Å²) in [4.78, 5) is 31.3. The number of halogens is 2. The summed E-state index contributed by atoms with van der Waals surface area (Å²) < 4.78 is 28.2. The average Bonchev–Trinajstić information content (AvgIpc) is 2.99. The number of imidazole rings is 1. The summed E-state index contributed by atoms with van der Waals surface area (Å²) in [7, 11) is 0. The number of hydrogen-bond acceptors (Lipinski definition) is 4. The van der Waals surface area contributed by atoms with Crippen LogP contribution in [0.5, 0.6) is 0 Å². The normalized spacial score (nSPS) is 19.2. The molecule has 0 aliphatic heterocycles. The van der Waals surface area contributed by atoms with E-state index in [0.717, 1.165) is 11.3 Å². The number of rotatable bonds is 5. The van der Waals surface area contributed by atoms with Crippen LogP contribution in [0.25, 0.3) is 0 Å². The molecule has 1 amide bonds. The van der Waals surface area contributed by atoms with Crippen molar-refractivity contribution in [3.63, 3.8) is 0 Å². The van der Waals surface area contributed by atoms with E-state index < -0.39 is 17.9 Å². The maximum Gasteiger partial charge on any atom is 0.326 e. The highest BCUT2D eigenvalue weighted by atomic mass is 19.3. The van der Waals surface area contributed by atoms with Crippen LogP contribution in [0.4, 0.5) is 14.6 Å². The highest BCUT2D eigenvalue weighted by Gasteiger charge is 2.38. The first-order chi connectivity index (χ1) is 13.2. The first-order valence-corrected chi connectivity index (χ1v) is 9.34. The lowest BCUT2D eigenvalue weighted by Gasteiger charge is -2.31. The fourth-order valence-electron chi connectivity index (χ4n) is 3.60. The van der Waals surface area contributed by atoms with Crippen LogP contribution in [-0.4, -0.2) is 32.4 Å². The minimum Gasteiger partial charge on any atom is -0.320 e. The molecule has 2 heterocycles. The van der Waals surface area contributed by atoms with Gasteiger partial charge in [0.05, 0.1) is 12.1 Å². The van der Waals surface area contributed by atoms with Crippen molar-refractivity contribution in [3.8, 4) is 0 Å². The molecule has 0 bridgehead atoms. The molecule has 7 nitrogen and oxygen atoms in total. The summed E-state index contributed by atoms with van der Waals surface area (Å²) >= 11 is 0. The Balaban J connectivity index is 1.68. The predicted molar refractivity (Wildman–Crippen MR) is 101 cm³/mol. The van der Waals surface area contributed by atoms with E-state index in [1.54, 1.807) is 36.0 Å². The van der Waals surface area contributed by atoms with Crippen LogP contribution in [0.2, 0.25) is 0 Å². The fraction of sp³-hybridized carbons (Fsp3) is 0.526. The number of hydrogen-bond donors (Lipinski definition) is 3. The number of nitrogens with one attached hydrogen (secondary N) is 2. The van der Waals surface area contributed by atoms with Gasteiger partial charge in [-0.15, -0.1) is 0 Å². The summed E-state index contributed by atoms with van der Waals surface area (Å²) in [6, 6.07) is 2.32. The van der Waals surface area contributed by atoms with Gasteiger partial charge in [-0.3, -0.25) is 9.36 Å². The standard InChI is InChI=1S/C19H25F2N5O2/c1-11-10-26(18(28)24-11)12(2)14-5-8-23-15(9-14)25-17(27)16(22)13-3-6-19(20,21)7-4-13/h5,8-10,12-13,16H,3-4,6-7,22H2,1-2H3,(H,24,28)(H,23,25,27)/t12-,16+/m1/s1. The summed E-state index contributed by atoms with van der Waals surface area (Å²) in [5, 5.41) is 2.67. The molecule has 4 N–H and O–H groups in total. The van der Waals surface area contributed by atoms with E-state index in [-0.39, 0.29) is 43.3 Å². The first kappa shape index (κ1) is 20.2. The molecule has 9 heteroatoms. The van der Waals surface area contributed by atoms with Crippen LogP contribution in [0.3, 0.4) is 0 Å². The number of carbonyl (C=O) groups is 1. The highest BCUT2D eigenvalue weighted by Crippen LogP contribution is 2.37. The third kappa shape index (κ3) is 4.46. The molecule has 0 unspecified atom stereocenters. The zero-order valence-corrected chi connectivity index (χ0v) is 15.9.